The van der Waals surface area contributed by atoms with Crippen LogP contribution in [0, 0.1) is 11.7 Å². The SMILES string of the molecule is Nc1c(F)c(CC2CC2)nc(C=O)c1Cl. The lowest BCUT2D eigenvalue weighted by molar-refractivity contribution is 0.111. The molecule has 0 radical (unpaired) electrons. The summed E-state index contributed by atoms with van der Waals surface area (Å²) in [5.41, 5.74) is 5.54. The summed E-state index contributed by atoms with van der Waals surface area (Å²) >= 11 is 5.66. The van der Waals surface area contributed by atoms with Gasteiger partial charge in [-0.15, -0.1) is 0 Å². The second-order valence-corrected chi connectivity index (χ2v) is 4.13. The molecule has 0 aliphatic heterocycles. The minimum Gasteiger partial charge on any atom is -0.395 e. The molecule has 0 spiro atoms. The summed E-state index contributed by atoms with van der Waals surface area (Å²) in [5.74, 6) is -0.107. The first-order chi connectivity index (χ1) is 7.13. The fourth-order valence-corrected chi connectivity index (χ4v) is 1.61. The van der Waals surface area contributed by atoms with Crippen molar-refractivity contribution in [3.05, 3.63) is 22.2 Å². The van der Waals surface area contributed by atoms with Crippen molar-refractivity contribution in [1.29, 1.82) is 0 Å². The van der Waals surface area contributed by atoms with Gasteiger partial charge in [0.1, 0.15) is 5.69 Å². The van der Waals surface area contributed by atoms with Crippen molar-refractivity contribution in [1.82, 2.24) is 4.98 Å². The van der Waals surface area contributed by atoms with Gasteiger partial charge in [0.05, 0.1) is 16.4 Å². The Bertz CT molecular complexity index is 418. The van der Waals surface area contributed by atoms with E-state index in [4.69, 9.17) is 17.3 Å². The smallest absolute Gasteiger partial charge is 0.170 e. The minimum absolute atomic E-state index is 0.0196. The maximum absolute atomic E-state index is 13.6. The molecular formula is C10H10ClFN2O. The molecule has 2 rings (SSSR count). The Labute approximate surface area is 91.4 Å². The number of carbonyl (C=O) groups excluding carboxylic acids is 1. The zero-order valence-corrected chi connectivity index (χ0v) is 8.72. The lowest BCUT2D eigenvalue weighted by atomic mass is 10.1. The Morgan fingerprint density at radius 1 is 1.60 bits per heavy atom. The van der Waals surface area contributed by atoms with Crippen LogP contribution in [0.3, 0.4) is 0 Å². The Morgan fingerprint density at radius 3 is 2.80 bits per heavy atom. The minimum atomic E-state index is -0.586. The van der Waals surface area contributed by atoms with Crippen LogP contribution in [-0.2, 0) is 6.42 Å². The summed E-state index contributed by atoms with van der Waals surface area (Å²) in [7, 11) is 0. The highest BCUT2D eigenvalue weighted by Gasteiger charge is 2.25. The number of nitrogen functional groups attached to an aromatic ring is 1. The van der Waals surface area contributed by atoms with Crippen LogP contribution in [0.1, 0.15) is 29.0 Å². The van der Waals surface area contributed by atoms with Crippen molar-refractivity contribution in [2.45, 2.75) is 19.3 Å². The monoisotopic (exact) mass is 228 g/mol. The topological polar surface area (TPSA) is 56.0 Å². The molecule has 1 aromatic rings. The van der Waals surface area contributed by atoms with Crippen molar-refractivity contribution in [2.24, 2.45) is 5.92 Å². The molecule has 1 saturated carbocycles. The van der Waals surface area contributed by atoms with E-state index in [2.05, 4.69) is 4.98 Å². The van der Waals surface area contributed by atoms with Gasteiger partial charge in [-0.3, -0.25) is 4.79 Å². The number of anilines is 1. The van der Waals surface area contributed by atoms with Gasteiger partial charge >= 0.3 is 0 Å². The average molecular weight is 229 g/mol. The summed E-state index contributed by atoms with van der Waals surface area (Å²) in [5, 5.41) is -0.0953. The van der Waals surface area contributed by atoms with Gasteiger partial charge in [0.2, 0.25) is 0 Å². The van der Waals surface area contributed by atoms with E-state index in [-0.39, 0.29) is 22.1 Å². The molecule has 1 fully saturated rings. The standard InChI is InChI=1S/C10H10ClFN2O/c11-8-7(4-15)14-6(3-5-1-2-5)9(12)10(8)13/h4-5H,1-3H2,(H2,13,14). The van der Waals surface area contributed by atoms with Gasteiger partial charge in [-0.25, -0.2) is 9.37 Å². The highest BCUT2D eigenvalue weighted by atomic mass is 35.5. The number of nitrogens with two attached hydrogens (primary N) is 1. The first-order valence-corrected chi connectivity index (χ1v) is 5.09. The normalized spacial score (nSPS) is 15.3. The Kier molecular flexibility index (Phi) is 2.61. The average Bonchev–Trinajstić information content (AvgIpc) is 3.03. The largest absolute Gasteiger partial charge is 0.395 e. The molecule has 15 heavy (non-hydrogen) atoms. The molecule has 0 amide bonds. The molecule has 1 aliphatic carbocycles. The molecule has 0 aromatic carbocycles. The van der Waals surface area contributed by atoms with Gasteiger partial charge in [0.25, 0.3) is 0 Å². The molecule has 80 valence electrons. The number of carbonyl (C=O) groups is 1. The van der Waals surface area contributed by atoms with E-state index in [1.54, 1.807) is 0 Å². The van der Waals surface area contributed by atoms with E-state index in [9.17, 15) is 9.18 Å². The zero-order valence-electron chi connectivity index (χ0n) is 7.96. The molecule has 0 bridgehead atoms. The van der Waals surface area contributed by atoms with Crippen molar-refractivity contribution in [3.8, 4) is 0 Å². The number of halogens is 2. The second-order valence-electron chi connectivity index (χ2n) is 3.75. The van der Waals surface area contributed by atoms with Crippen molar-refractivity contribution < 1.29 is 9.18 Å². The van der Waals surface area contributed by atoms with Gasteiger partial charge in [-0.05, 0) is 25.2 Å². The fraction of sp³-hybridized carbons (Fsp3) is 0.400. The van der Waals surface area contributed by atoms with E-state index in [0.717, 1.165) is 12.8 Å². The predicted octanol–water partition coefficient (Wildman–Crippen LogP) is 2.22. The molecule has 0 saturated heterocycles. The van der Waals surface area contributed by atoms with Gasteiger partial charge in [0.15, 0.2) is 12.1 Å². The van der Waals surface area contributed by atoms with Crippen LogP contribution in [0.5, 0.6) is 0 Å². The third kappa shape index (κ3) is 1.95. The maximum Gasteiger partial charge on any atom is 0.170 e. The van der Waals surface area contributed by atoms with Crippen LogP contribution in [-0.4, -0.2) is 11.3 Å². The molecule has 2 N–H and O–H groups in total. The van der Waals surface area contributed by atoms with Crippen LogP contribution < -0.4 is 5.73 Å². The summed E-state index contributed by atoms with van der Waals surface area (Å²) in [6.45, 7) is 0. The summed E-state index contributed by atoms with van der Waals surface area (Å²) in [6.07, 6.45) is 3.20. The van der Waals surface area contributed by atoms with E-state index in [1.807, 2.05) is 0 Å². The first kappa shape index (κ1) is 10.4. The molecule has 1 heterocycles. The third-order valence-corrected chi connectivity index (χ3v) is 2.89. The quantitative estimate of drug-likeness (QED) is 0.807. The summed E-state index contributed by atoms with van der Waals surface area (Å²) in [6, 6.07) is 0. The predicted molar refractivity (Wildman–Crippen MR) is 55.4 cm³/mol. The van der Waals surface area contributed by atoms with Crippen LogP contribution in [0.15, 0.2) is 0 Å². The third-order valence-electron chi connectivity index (χ3n) is 2.50. The maximum atomic E-state index is 13.6. The molecule has 1 aromatic heterocycles. The number of pyridine rings is 1. The van der Waals surface area contributed by atoms with Gasteiger partial charge < -0.3 is 5.73 Å². The lowest BCUT2D eigenvalue weighted by Crippen LogP contribution is -2.06. The van der Waals surface area contributed by atoms with Crippen molar-refractivity contribution in [2.75, 3.05) is 5.73 Å². The second kappa shape index (κ2) is 3.77. The van der Waals surface area contributed by atoms with Gasteiger partial charge in [-0.2, -0.15) is 0 Å². The van der Waals surface area contributed by atoms with E-state index in [0.29, 0.717) is 18.6 Å². The van der Waals surface area contributed by atoms with Crippen LogP contribution in [0.25, 0.3) is 0 Å². The highest BCUT2D eigenvalue weighted by Crippen LogP contribution is 2.35. The Morgan fingerprint density at radius 2 is 2.27 bits per heavy atom. The number of hydrogen-bond acceptors (Lipinski definition) is 3. The molecule has 0 unspecified atom stereocenters. The van der Waals surface area contributed by atoms with Gasteiger partial charge in [-0.1, -0.05) is 11.6 Å². The lowest BCUT2D eigenvalue weighted by Gasteiger charge is -2.07. The molecule has 0 atom stereocenters. The van der Waals surface area contributed by atoms with E-state index in [1.165, 1.54) is 0 Å². The van der Waals surface area contributed by atoms with E-state index >= 15 is 0 Å². The van der Waals surface area contributed by atoms with Crippen LogP contribution >= 0.6 is 11.6 Å². The first-order valence-electron chi connectivity index (χ1n) is 4.72. The zero-order chi connectivity index (χ0) is 11.0. The summed E-state index contributed by atoms with van der Waals surface area (Å²) < 4.78 is 13.6. The van der Waals surface area contributed by atoms with Crippen molar-refractivity contribution in [3.63, 3.8) is 0 Å². The summed E-state index contributed by atoms with van der Waals surface area (Å²) in [4.78, 5) is 14.5. The molecule has 3 nitrogen and oxygen atoms in total. The molecular weight excluding hydrogens is 219 g/mol. The van der Waals surface area contributed by atoms with Crippen molar-refractivity contribution >= 4 is 23.6 Å². The molecule has 5 heteroatoms. The number of hydrogen-bond donors (Lipinski definition) is 1. The Hall–Kier alpha value is -1.16. The number of aldehydes is 1. The van der Waals surface area contributed by atoms with Crippen LogP contribution in [0.4, 0.5) is 10.1 Å². The fourth-order valence-electron chi connectivity index (χ4n) is 1.44. The van der Waals surface area contributed by atoms with Gasteiger partial charge in [0, 0.05) is 0 Å². The van der Waals surface area contributed by atoms with Crippen LogP contribution in [0.2, 0.25) is 5.02 Å². The highest BCUT2D eigenvalue weighted by molar-refractivity contribution is 6.35. The molecule has 1 aliphatic rings. The number of rotatable bonds is 3. The number of nitrogens with zero attached hydrogens (tertiary/aromatic N) is 1. The van der Waals surface area contributed by atoms with E-state index < -0.39 is 5.82 Å². The number of aromatic nitrogens is 1. The Balaban J connectivity index is 2.43.